The molecule has 2 heterocycles. The first kappa shape index (κ1) is 21.0. The fraction of sp³-hybridized carbons (Fsp3) is 0. The Balaban J connectivity index is 0. The van der Waals surface area contributed by atoms with Crippen LogP contribution < -0.4 is 34.3 Å². The monoisotopic (exact) mass is 378 g/mol. The van der Waals surface area contributed by atoms with E-state index < -0.39 is 0 Å². The quantitative estimate of drug-likeness (QED) is 0.235. The first-order valence-electron chi connectivity index (χ1n) is 4.48. The molecular weight excluding hydrogens is 371 g/mol. The van der Waals surface area contributed by atoms with Gasteiger partial charge in [-0.2, -0.15) is 9.46 Å². The van der Waals surface area contributed by atoms with E-state index in [9.17, 15) is 10.4 Å². The molecule has 0 radical (unpaired) electrons. The second-order valence-electron chi connectivity index (χ2n) is 2.90. The van der Waals surface area contributed by atoms with Gasteiger partial charge >= 0.3 is 17.1 Å². The molecule has 0 saturated carbocycles. The Morgan fingerprint density at radius 1 is 0.737 bits per heavy atom. The standard InChI is InChI=1S/C10H8N2O2S2.2ClH.Fe/c13-11-7-3-1-5-9(11)15-16-10-6-2-4-8-12(10)14;;;/h1-8H;2*1H;/q;;;+2/p-2. The number of aromatic nitrogens is 2. The van der Waals surface area contributed by atoms with Gasteiger partial charge in [-0.05, 0) is 12.1 Å². The molecule has 0 aromatic carbocycles. The zero-order chi connectivity index (χ0) is 11.4. The predicted octanol–water partition coefficient (Wildman–Crippen LogP) is -4.24. The Kier molecular flexibility index (Phi) is 11.6. The van der Waals surface area contributed by atoms with E-state index in [1.165, 1.54) is 34.0 Å². The minimum Gasteiger partial charge on any atom is -1.00 e. The fourth-order valence-electron chi connectivity index (χ4n) is 1.04. The van der Waals surface area contributed by atoms with Crippen molar-refractivity contribution in [2.45, 2.75) is 10.1 Å². The van der Waals surface area contributed by atoms with Crippen LogP contribution in [0.1, 0.15) is 0 Å². The third-order valence-corrected chi connectivity index (χ3v) is 4.12. The van der Waals surface area contributed by atoms with E-state index in [2.05, 4.69) is 0 Å². The van der Waals surface area contributed by atoms with E-state index in [1.54, 1.807) is 36.4 Å². The molecule has 0 bridgehead atoms. The van der Waals surface area contributed by atoms with Crippen LogP contribution in [-0.2, 0) is 17.1 Å². The van der Waals surface area contributed by atoms with E-state index in [-0.39, 0.29) is 41.9 Å². The van der Waals surface area contributed by atoms with Crippen LogP contribution in [0.4, 0.5) is 0 Å². The summed E-state index contributed by atoms with van der Waals surface area (Å²) in [5, 5.41) is 23.8. The van der Waals surface area contributed by atoms with E-state index in [0.29, 0.717) is 10.1 Å². The number of pyridine rings is 2. The molecule has 0 fully saturated rings. The zero-order valence-electron chi connectivity index (χ0n) is 9.26. The van der Waals surface area contributed by atoms with Crippen molar-refractivity contribution in [3.63, 3.8) is 0 Å². The van der Waals surface area contributed by atoms with Gasteiger partial charge in [-0.3, -0.25) is 0 Å². The topological polar surface area (TPSA) is 53.9 Å². The second kappa shape index (κ2) is 10.5. The summed E-state index contributed by atoms with van der Waals surface area (Å²) in [6, 6.07) is 10.3. The van der Waals surface area contributed by atoms with Crippen LogP contribution in [-0.4, -0.2) is 0 Å². The van der Waals surface area contributed by atoms with Crippen molar-refractivity contribution in [3.05, 3.63) is 59.2 Å². The second-order valence-corrected chi connectivity index (χ2v) is 5.07. The van der Waals surface area contributed by atoms with Crippen LogP contribution in [0.25, 0.3) is 0 Å². The van der Waals surface area contributed by atoms with Crippen LogP contribution in [0.15, 0.2) is 58.8 Å². The van der Waals surface area contributed by atoms with Gasteiger partial charge in [0.05, 0.1) is 0 Å². The normalized spacial score (nSPS) is 8.63. The van der Waals surface area contributed by atoms with Gasteiger partial charge in [0.1, 0.15) is 0 Å². The Labute approximate surface area is 141 Å². The van der Waals surface area contributed by atoms with Crippen molar-refractivity contribution < 1.29 is 51.3 Å². The Morgan fingerprint density at radius 2 is 1.11 bits per heavy atom. The molecular formula is C10H8Cl2FeN2O2S2. The Hall–Kier alpha value is -0.301. The van der Waals surface area contributed by atoms with Crippen molar-refractivity contribution in [1.29, 1.82) is 0 Å². The maximum Gasteiger partial charge on any atom is 2.00 e. The summed E-state index contributed by atoms with van der Waals surface area (Å²) in [5.41, 5.74) is 0. The van der Waals surface area contributed by atoms with Gasteiger partial charge in [0.2, 0.25) is 0 Å². The minimum atomic E-state index is 0. The molecule has 9 heteroatoms. The summed E-state index contributed by atoms with van der Waals surface area (Å²) in [6.45, 7) is 0. The van der Waals surface area contributed by atoms with Crippen LogP contribution in [0.5, 0.6) is 0 Å². The zero-order valence-corrected chi connectivity index (χ0v) is 13.5. The molecule has 0 amide bonds. The van der Waals surface area contributed by atoms with E-state index in [0.717, 1.165) is 9.46 Å². The molecule has 0 N–H and O–H groups in total. The van der Waals surface area contributed by atoms with Gasteiger partial charge in [-0.25, -0.2) is 0 Å². The van der Waals surface area contributed by atoms with Crippen LogP contribution >= 0.6 is 21.6 Å². The number of hydrogen-bond donors (Lipinski definition) is 0. The summed E-state index contributed by atoms with van der Waals surface area (Å²) in [7, 11) is 2.52. The molecule has 0 aliphatic heterocycles. The molecule has 0 spiro atoms. The summed E-state index contributed by atoms with van der Waals surface area (Å²) >= 11 is 0. The summed E-state index contributed by atoms with van der Waals surface area (Å²) in [4.78, 5) is 0. The average molecular weight is 379 g/mol. The van der Waals surface area contributed by atoms with Gasteiger partial charge in [0, 0.05) is 45.9 Å². The molecule has 0 unspecified atom stereocenters. The third-order valence-electron chi connectivity index (χ3n) is 1.79. The predicted molar refractivity (Wildman–Crippen MR) is 62.5 cm³/mol. The van der Waals surface area contributed by atoms with Gasteiger partial charge in [0.25, 0.3) is 10.1 Å². The van der Waals surface area contributed by atoms with Crippen molar-refractivity contribution in [1.82, 2.24) is 0 Å². The molecule has 0 aliphatic carbocycles. The van der Waals surface area contributed by atoms with Crippen molar-refractivity contribution >= 4 is 21.6 Å². The molecule has 2 rings (SSSR count). The largest absolute Gasteiger partial charge is 2.00 e. The van der Waals surface area contributed by atoms with Crippen molar-refractivity contribution in [2.24, 2.45) is 0 Å². The Bertz CT molecular complexity index is 463. The molecule has 0 atom stereocenters. The van der Waals surface area contributed by atoms with E-state index in [4.69, 9.17) is 0 Å². The summed E-state index contributed by atoms with van der Waals surface area (Å²) in [5.74, 6) is 0. The van der Waals surface area contributed by atoms with Crippen molar-refractivity contribution in [3.8, 4) is 0 Å². The maximum atomic E-state index is 11.3. The number of hydrogen-bond acceptors (Lipinski definition) is 4. The van der Waals surface area contributed by atoms with Gasteiger partial charge in [-0.1, -0.05) is 0 Å². The van der Waals surface area contributed by atoms with Gasteiger partial charge in [0.15, 0.2) is 12.4 Å². The number of halogens is 2. The summed E-state index contributed by atoms with van der Waals surface area (Å²) < 4.78 is 1.55. The smallest absolute Gasteiger partial charge is 1.00 e. The SMILES string of the molecule is [Cl-].[Cl-].[Fe+2].[O-][n+]1ccccc1SSc1cccc[n+]1[O-]. The molecule has 104 valence electrons. The number of rotatable bonds is 3. The molecule has 19 heavy (non-hydrogen) atoms. The fourth-order valence-corrected chi connectivity index (χ4v) is 3.03. The molecule has 2 aromatic heterocycles. The van der Waals surface area contributed by atoms with Crippen LogP contribution in [0.2, 0.25) is 0 Å². The van der Waals surface area contributed by atoms with E-state index >= 15 is 0 Å². The molecule has 0 aliphatic rings. The minimum absolute atomic E-state index is 0. The Morgan fingerprint density at radius 3 is 1.42 bits per heavy atom. The summed E-state index contributed by atoms with van der Waals surface area (Å²) in [6.07, 6.45) is 2.86. The average Bonchev–Trinajstić information content (AvgIpc) is 2.30. The van der Waals surface area contributed by atoms with Crippen LogP contribution in [0, 0.1) is 10.4 Å². The molecule has 2 aromatic rings. The van der Waals surface area contributed by atoms with Crippen molar-refractivity contribution in [2.75, 3.05) is 0 Å². The first-order valence-corrected chi connectivity index (χ1v) is 6.63. The van der Waals surface area contributed by atoms with Crippen LogP contribution in [0.3, 0.4) is 0 Å². The first-order chi connectivity index (χ1) is 7.77. The maximum absolute atomic E-state index is 11.3. The third kappa shape index (κ3) is 6.12. The number of nitrogens with zero attached hydrogens (tertiary/aromatic N) is 2. The molecule has 0 saturated heterocycles. The molecule has 4 nitrogen and oxygen atoms in total. The van der Waals surface area contributed by atoms with Gasteiger partial charge in [-0.15, -0.1) is 0 Å². The van der Waals surface area contributed by atoms with E-state index in [1.807, 2.05) is 0 Å². The van der Waals surface area contributed by atoms with Gasteiger partial charge < -0.3 is 35.2 Å².